The van der Waals surface area contributed by atoms with Crippen molar-refractivity contribution in [1.82, 2.24) is 0 Å². The predicted molar refractivity (Wildman–Crippen MR) is 175 cm³/mol. The largest absolute Gasteiger partial charge is 0.132 e. The van der Waals surface area contributed by atoms with Gasteiger partial charge >= 0.3 is 0 Å². The highest BCUT2D eigenvalue weighted by Crippen LogP contribution is 2.26. The van der Waals surface area contributed by atoms with E-state index in [-0.39, 0.29) is 0 Å². The van der Waals surface area contributed by atoms with E-state index >= 15 is 0 Å². The fraction of sp³-hybridized carbons (Fsp3) is 0. The van der Waals surface area contributed by atoms with Gasteiger partial charge in [-0.3, -0.25) is 0 Å². The van der Waals surface area contributed by atoms with Crippen LogP contribution in [0.1, 0.15) is 0 Å². The van der Waals surface area contributed by atoms with Crippen molar-refractivity contribution in [3.63, 3.8) is 0 Å². The summed E-state index contributed by atoms with van der Waals surface area (Å²) in [6.45, 7) is 0. The Bertz CT molecular complexity index is 1380. The highest BCUT2D eigenvalue weighted by atomic mass is 32.2. The molecule has 0 aliphatic heterocycles. The first-order chi connectivity index (χ1) is 19.3. The molecular weight excluding hydrogens is 521 g/mol. The Morgan fingerprint density at radius 3 is 0.744 bits per heavy atom. The van der Waals surface area contributed by atoms with Crippen molar-refractivity contribution in [1.29, 1.82) is 0 Å². The Hall–Kier alpha value is -3.90. The molecule has 0 aromatic heterocycles. The lowest BCUT2D eigenvalue weighted by Crippen LogP contribution is -2.51. The van der Waals surface area contributed by atoms with Crippen LogP contribution in [0.25, 0.3) is 0 Å². The summed E-state index contributed by atoms with van der Waals surface area (Å²) in [6, 6.07) is 62.6. The lowest BCUT2D eigenvalue weighted by molar-refractivity contribution is 1.42. The maximum atomic E-state index is 2.35. The lowest BCUT2D eigenvalue weighted by atomic mass is 10.3. The topological polar surface area (TPSA) is 0 Å². The molecular formula is C36H30SSi2. The van der Waals surface area contributed by atoms with Gasteiger partial charge in [0.15, 0.2) is 0 Å². The zero-order valence-electron chi connectivity index (χ0n) is 21.7. The van der Waals surface area contributed by atoms with Gasteiger partial charge in [0, 0.05) is 9.79 Å². The minimum atomic E-state index is -1.50. The van der Waals surface area contributed by atoms with Crippen LogP contribution in [0.2, 0.25) is 0 Å². The monoisotopic (exact) mass is 550 g/mol. The molecule has 0 radical (unpaired) electrons. The second-order valence-corrected chi connectivity index (χ2v) is 16.6. The van der Waals surface area contributed by atoms with Gasteiger partial charge in [0.2, 0.25) is 0 Å². The summed E-state index contributed by atoms with van der Waals surface area (Å²) in [7, 11) is -2.99. The highest BCUT2D eigenvalue weighted by Gasteiger charge is 2.20. The molecule has 0 aliphatic carbocycles. The number of hydrogen-bond acceptors (Lipinski definition) is 1. The molecule has 0 amide bonds. The van der Waals surface area contributed by atoms with E-state index in [4.69, 9.17) is 0 Å². The van der Waals surface area contributed by atoms with E-state index in [1.165, 1.54) is 40.9 Å². The van der Waals surface area contributed by atoms with Gasteiger partial charge < -0.3 is 0 Å². The summed E-state index contributed by atoms with van der Waals surface area (Å²) < 4.78 is 0. The molecule has 0 spiro atoms. The van der Waals surface area contributed by atoms with Crippen LogP contribution < -0.4 is 31.1 Å². The highest BCUT2D eigenvalue weighted by molar-refractivity contribution is 7.99. The molecule has 0 N–H and O–H groups in total. The first kappa shape index (κ1) is 25.4. The molecule has 0 atom stereocenters. The standard InChI is InChI=1S/C36H30SSi2/c1-5-13-31(14-6-1)38(32-15-7-2-8-16-32)35-25-21-29(22-26-35)37-30-23-27-36(28-24-30)39(33-17-9-3-10-18-33)34-19-11-4-12-20-34/h1-28,38-39H. The fourth-order valence-electron chi connectivity index (χ4n) is 5.33. The number of benzene rings is 6. The zero-order valence-corrected chi connectivity index (χ0v) is 24.9. The van der Waals surface area contributed by atoms with Gasteiger partial charge in [0.1, 0.15) is 17.6 Å². The van der Waals surface area contributed by atoms with Gasteiger partial charge in [-0.05, 0) is 24.3 Å². The molecule has 3 heteroatoms. The summed E-state index contributed by atoms with van der Waals surface area (Å²) in [6.07, 6.45) is 0. The second-order valence-electron chi connectivity index (χ2n) is 9.75. The molecule has 6 aromatic rings. The van der Waals surface area contributed by atoms with Crippen LogP contribution in [0.15, 0.2) is 180 Å². The summed E-state index contributed by atoms with van der Waals surface area (Å²) in [5.41, 5.74) is 0. The predicted octanol–water partition coefficient (Wildman–Crippen LogP) is 4.33. The number of hydrogen-bond donors (Lipinski definition) is 0. The van der Waals surface area contributed by atoms with E-state index in [2.05, 4.69) is 170 Å². The van der Waals surface area contributed by atoms with Gasteiger partial charge in [0.05, 0.1) is 0 Å². The summed E-state index contributed by atoms with van der Waals surface area (Å²) >= 11 is 1.84. The van der Waals surface area contributed by atoms with Crippen LogP contribution in [0.4, 0.5) is 0 Å². The Kier molecular flexibility index (Phi) is 8.01. The normalized spacial score (nSPS) is 11.1. The summed E-state index contributed by atoms with van der Waals surface area (Å²) in [5.74, 6) is 0. The molecule has 0 heterocycles. The molecule has 0 fully saturated rings. The number of rotatable bonds is 8. The third kappa shape index (κ3) is 6.07. The molecule has 6 aromatic carbocycles. The maximum Gasteiger partial charge on any atom is 0.132 e. The van der Waals surface area contributed by atoms with E-state index < -0.39 is 17.6 Å². The Morgan fingerprint density at radius 2 is 0.487 bits per heavy atom. The maximum absolute atomic E-state index is 2.35. The zero-order chi connectivity index (χ0) is 26.3. The van der Waals surface area contributed by atoms with E-state index in [1.54, 1.807) is 0 Å². The van der Waals surface area contributed by atoms with Crippen molar-refractivity contribution < 1.29 is 0 Å². The van der Waals surface area contributed by atoms with Crippen LogP contribution in [0, 0.1) is 0 Å². The quantitative estimate of drug-likeness (QED) is 0.201. The molecule has 0 saturated heterocycles. The van der Waals surface area contributed by atoms with E-state index in [0.29, 0.717) is 0 Å². The summed E-state index contributed by atoms with van der Waals surface area (Å²) in [4.78, 5) is 2.56. The van der Waals surface area contributed by atoms with Gasteiger partial charge in [-0.15, -0.1) is 0 Å². The summed E-state index contributed by atoms with van der Waals surface area (Å²) in [5, 5.41) is 8.72. The van der Waals surface area contributed by atoms with Gasteiger partial charge in [0.25, 0.3) is 0 Å². The SMILES string of the molecule is c1ccc([SiH](c2ccccc2)c2ccc(Sc3ccc([SiH](c4ccccc4)c4ccccc4)cc3)cc2)cc1. The van der Waals surface area contributed by atoms with Crippen LogP contribution >= 0.6 is 11.8 Å². The van der Waals surface area contributed by atoms with Crippen LogP contribution in [0.3, 0.4) is 0 Å². The third-order valence-corrected chi connectivity index (χ3v) is 14.5. The molecule has 39 heavy (non-hydrogen) atoms. The Balaban J connectivity index is 1.24. The molecule has 0 aliphatic rings. The van der Waals surface area contributed by atoms with Crippen LogP contribution in [-0.2, 0) is 0 Å². The van der Waals surface area contributed by atoms with E-state index in [1.807, 2.05) is 11.8 Å². The average Bonchev–Trinajstić information content (AvgIpc) is 3.01. The minimum absolute atomic E-state index is 1.28. The minimum Gasteiger partial charge on any atom is -0.0901 e. The Morgan fingerprint density at radius 1 is 0.256 bits per heavy atom. The average molecular weight is 551 g/mol. The lowest BCUT2D eigenvalue weighted by Gasteiger charge is -2.18. The molecule has 0 bridgehead atoms. The van der Waals surface area contributed by atoms with Crippen LogP contribution in [0.5, 0.6) is 0 Å². The van der Waals surface area contributed by atoms with Crippen molar-refractivity contribution in [3.05, 3.63) is 170 Å². The third-order valence-electron chi connectivity index (χ3n) is 7.19. The second kappa shape index (κ2) is 12.3. The first-order valence-electron chi connectivity index (χ1n) is 13.4. The molecule has 6 rings (SSSR count). The van der Waals surface area contributed by atoms with Crippen molar-refractivity contribution in [2.24, 2.45) is 0 Å². The van der Waals surface area contributed by atoms with Crippen molar-refractivity contribution >= 4 is 60.5 Å². The molecule has 0 saturated carbocycles. The van der Waals surface area contributed by atoms with E-state index in [9.17, 15) is 0 Å². The van der Waals surface area contributed by atoms with Crippen LogP contribution in [-0.4, -0.2) is 17.6 Å². The molecule has 0 nitrogen and oxygen atoms in total. The van der Waals surface area contributed by atoms with Crippen molar-refractivity contribution in [2.75, 3.05) is 0 Å². The molecule has 0 unspecified atom stereocenters. The smallest absolute Gasteiger partial charge is 0.0901 e. The van der Waals surface area contributed by atoms with Gasteiger partial charge in [-0.2, -0.15) is 0 Å². The van der Waals surface area contributed by atoms with E-state index in [0.717, 1.165) is 0 Å². The van der Waals surface area contributed by atoms with Crippen molar-refractivity contribution in [2.45, 2.75) is 9.79 Å². The Labute approximate surface area is 239 Å². The van der Waals surface area contributed by atoms with Crippen molar-refractivity contribution in [3.8, 4) is 0 Å². The van der Waals surface area contributed by atoms with Gasteiger partial charge in [-0.1, -0.05) is 188 Å². The molecule has 188 valence electrons. The first-order valence-corrected chi connectivity index (χ1v) is 17.7. The van der Waals surface area contributed by atoms with Gasteiger partial charge in [-0.25, -0.2) is 0 Å². The fourth-order valence-corrected chi connectivity index (χ4v) is 12.0.